The van der Waals surface area contributed by atoms with Gasteiger partial charge in [0, 0.05) is 18.7 Å². The monoisotopic (exact) mass is 324 g/mol. The summed E-state index contributed by atoms with van der Waals surface area (Å²) in [5.74, 6) is -0.205. The first-order valence-corrected chi connectivity index (χ1v) is 8.74. The Labute approximate surface area is 128 Å². The van der Waals surface area contributed by atoms with Crippen LogP contribution in [0.1, 0.15) is 15.9 Å². The third-order valence-corrected chi connectivity index (χ3v) is 5.71. The SMILES string of the molecule is Cc1ccccc1C(=O)NCCNS(=O)(=O)c1cccs1. The molecule has 21 heavy (non-hydrogen) atoms. The van der Waals surface area contributed by atoms with E-state index < -0.39 is 10.0 Å². The van der Waals surface area contributed by atoms with Crippen molar-refractivity contribution in [1.82, 2.24) is 10.0 Å². The van der Waals surface area contributed by atoms with Crippen LogP contribution in [0.3, 0.4) is 0 Å². The molecule has 5 nitrogen and oxygen atoms in total. The molecular weight excluding hydrogens is 308 g/mol. The fraction of sp³-hybridized carbons (Fsp3) is 0.214. The van der Waals surface area contributed by atoms with Crippen LogP contribution in [0.2, 0.25) is 0 Å². The fourth-order valence-corrected chi connectivity index (χ4v) is 3.84. The van der Waals surface area contributed by atoms with Crippen molar-refractivity contribution in [2.24, 2.45) is 0 Å². The van der Waals surface area contributed by atoms with Gasteiger partial charge in [-0.05, 0) is 30.0 Å². The molecule has 0 fully saturated rings. The Morgan fingerprint density at radius 3 is 2.57 bits per heavy atom. The number of benzene rings is 1. The molecular formula is C14H16N2O3S2. The summed E-state index contributed by atoms with van der Waals surface area (Å²) < 4.78 is 26.4. The summed E-state index contributed by atoms with van der Waals surface area (Å²) in [5, 5.41) is 4.40. The van der Waals surface area contributed by atoms with Gasteiger partial charge in [-0.25, -0.2) is 13.1 Å². The second-order valence-corrected chi connectivity index (χ2v) is 7.34. The van der Waals surface area contributed by atoms with Gasteiger partial charge in [0.2, 0.25) is 10.0 Å². The zero-order valence-electron chi connectivity index (χ0n) is 11.5. The molecule has 1 aromatic heterocycles. The molecule has 112 valence electrons. The van der Waals surface area contributed by atoms with E-state index in [-0.39, 0.29) is 23.2 Å². The normalized spacial score (nSPS) is 11.3. The number of hydrogen-bond acceptors (Lipinski definition) is 4. The molecule has 0 aliphatic carbocycles. The van der Waals surface area contributed by atoms with E-state index >= 15 is 0 Å². The lowest BCUT2D eigenvalue weighted by Crippen LogP contribution is -2.34. The van der Waals surface area contributed by atoms with Gasteiger partial charge in [0.1, 0.15) is 4.21 Å². The highest BCUT2D eigenvalue weighted by Crippen LogP contribution is 2.14. The second-order valence-electron chi connectivity index (χ2n) is 4.40. The molecule has 0 radical (unpaired) electrons. The number of hydrogen-bond donors (Lipinski definition) is 2. The molecule has 2 rings (SSSR count). The number of carbonyl (C=O) groups excluding carboxylic acids is 1. The number of amides is 1. The lowest BCUT2D eigenvalue weighted by Gasteiger charge is -2.08. The standard InChI is InChI=1S/C14H16N2O3S2/c1-11-5-2-3-6-12(11)14(17)15-8-9-16-21(18,19)13-7-4-10-20-13/h2-7,10,16H,8-9H2,1H3,(H,15,17). The molecule has 0 saturated carbocycles. The summed E-state index contributed by atoms with van der Waals surface area (Å²) in [6, 6.07) is 10.5. The average molecular weight is 324 g/mol. The van der Waals surface area contributed by atoms with E-state index in [1.165, 1.54) is 0 Å². The first kappa shape index (κ1) is 15.7. The van der Waals surface area contributed by atoms with E-state index in [4.69, 9.17) is 0 Å². The van der Waals surface area contributed by atoms with E-state index in [1.807, 2.05) is 19.1 Å². The van der Waals surface area contributed by atoms with Gasteiger partial charge in [-0.3, -0.25) is 4.79 Å². The Morgan fingerprint density at radius 2 is 1.90 bits per heavy atom. The molecule has 2 aromatic rings. The summed E-state index contributed by atoms with van der Waals surface area (Å²) in [4.78, 5) is 11.9. The number of nitrogens with one attached hydrogen (secondary N) is 2. The van der Waals surface area contributed by atoms with Gasteiger partial charge in [0.05, 0.1) is 0 Å². The summed E-state index contributed by atoms with van der Waals surface area (Å²) in [7, 11) is -3.47. The van der Waals surface area contributed by atoms with Crippen LogP contribution in [0.5, 0.6) is 0 Å². The predicted molar refractivity (Wildman–Crippen MR) is 83.0 cm³/mol. The van der Waals surface area contributed by atoms with Crippen LogP contribution in [-0.4, -0.2) is 27.4 Å². The summed E-state index contributed by atoms with van der Waals surface area (Å²) in [6.07, 6.45) is 0. The Bertz CT molecular complexity index is 710. The van der Waals surface area contributed by atoms with Crippen LogP contribution in [0.15, 0.2) is 46.0 Å². The highest BCUT2D eigenvalue weighted by Gasteiger charge is 2.14. The topological polar surface area (TPSA) is 75.3 Å². The van der Waals surface area contributed by atoms with Crippen LogP contribution in [0, 0.1) is 6.92 Å². The van der Waals surface area contributed by atoms with Gasteiger partial charge in [-0.1, -0.05) is 24.3 Å². The maximum absolute atomic E-state index is 11.9. The van der Waals surface area contributed by atoms with E-state index in [2.05, 4.69) is 10.0 Å². The molecule has 2 N–H and O–H groups in total. The molecule has 1 heterocycles. The van der Waals surface area contributed by atoms with Crippen molar-refractivity contribution in [2.75, 3.05) is 13.1 Å². The lowest BCUT2D eigenvalue weighted by molar-refractivity contribution is 0.0953. The van der Waals surface area contributed by atoms with Crippen LogP contribution < -0.4 is 10.0 Å². The molecule has 0 bridgehead atoms. The molecule has 0 aliphatic rings. The third kappa shape index (κ3) is 4.13. The highest BCUT2D eigenvalue weighted by atomic mass is 32.2. The predicted octanol–water partition coefficient (Wildman–Crippen LogP) is 1.76. The van der Waals surface area contributed by atoms with Crippen molar-refractivity contribution in [1.29, 1.82) is 0 Å². The Balaban J connectivity index is 1.83. The van der Waals surface area contributed by atoms with E-state index in [0.717, 1.165) is 16.9 Å². The van der Waals surface area contributed by atoms with Gasteiger partial charge in [0.15, 0.2) is 0 Å². The van der Waals surface area contributed by atoms with Crippen molar-refractivity contribution in [2.45, 2.75) is 11.1 Å². The smallest absolute Gasteiger partial charge is 0.251 e. The molecule has 0 atom stereocenters. The molecule has 0 saturated heterocycles. The number of thiophene rings is 1. The van der Waals surface area contributed by atoms with Crippen molar-refractivity contribution in [3.63, 3.8) is 0 Å². The second kappa shape index (κ2) is 6.84. The van der Waals surface area contributed by atoms with E-state index in [0.29, 0.717) is 5.56 Å². The van der Waals surface area contributed by atoms with E-state index in [9.17, 15) is 13.2 Å². The highest BCUT2D eigenvalue weighted by molar-refractivity contribution is 7.91. The van der Waals surface area contributed by atoms with Crippen LogP contribution in [-0.2, 0) is 10.0 Å². The molecule has 1 aromatic carbocycles. The summed E-state index contributed by atoms with van der Waals surface area (Å²) in [5.41, 5.74) is 1.48. The van der Waals surface area contributed by atoms with Gasteiger partial charge in [0.25, 0.3) is 5.91 Å². The zero-order valence-corrected chi connectivity index (χ0v) is 13.1. The third-order valence-electron chi connectivity index (χ3n) is 2.85. The Morgan fingerprint density at radius 1 is 1.14 bits per heavy atom. The maximum atomic E-state index is 11.9. The molecule has 7 heteroatoms. The number of rotatable bonds is 6. The Hall–Kier alpha value is -1.70. The number of carbonyl (C=O) groups is 1. The minimum atomic E-state index is -3.47. The minimum Gasteiger partial charge on any atom is -0.351 e. The van der Waals surface area contributed by atoms with Crippen molar-refractivity contribution in [3.05, 3.63) is 52.9 Å². The number of sulfonamides is 1. The summed E-state index contributed by atoms with van der Waals surface area (Å²) >= 11 is 1.16. The first-order chi connectivity index (χ1) is 10.0. The van der Waals surface area contributed by atoms with Gasteiger partial charge < -0.3 is 5.32 Å². The fourth-order valence-electron chi connectivity index (χ4n) is 1.77. The minimum absolute atomic E-state index is 0.151. The molecule has 0 aliphatic heterocycles. The summed E-state index contributed by atoms with van der Waals surface area (Å²) in [6.45, 7) is 2.24. The van der Waals surface area contributed by atoms with E-state index in [1.54, 1.807) is 29.6 Å². The van der Waals surface area contributed by atoms with Crippen molar-refractivity contribution >= 4 is 27.3 Å². The maximum Gasteiger partial charge on any atom is 0.251 e. The van der Waals surface area contributed by atoms with Crippen LogP contribution in [0.4, 0.5) is 0 Å². The number of aryl methyl sites for hydroxylation is 1. The van der Waals surface area contributed by atoms with Crippen LogP contribution >= 0.6 is 11.3 Å². The van der Waals surface area contributed by atoms with Gasteiger partial charge in [-0.2, -0.15) is 0 Å². The Kier molecular flexibility index (Phi) is 5.11. The first-order valence-electron chi connectivity index (χ1n) is 6.38. The lowest BCUT2D eigenvalue weighted by atomic mass is 10.1. The zero-order chi connectivity index (χ0) is 15.3. The van der Waals surface area contributed by atoms with Crippen molar-refractivity contribution < 1.29 is 13.2 Å². The molecule has 0 spiro atoms. The van der Waals surface area contributed by atoms with Crippen molar-refractivity contribution in [3.8, 4) is 0 Å². The van der Waals surface area contributed by atoms with Crippen LogP contribution in [0.25, 0.3) is 0 Å². The van der Waals surface area contributed by atoms with Gasteiger partial charge in [-0.15, -0.1) is 11.3 Å². The van der Waals surface area contributed by atoms with Gasteiger partial charge >= 0.3 is 0 Å². The molecule has 1 amide bonds. The average Bonchev–Trinajstić information content (AvgIpc) is 2.99. The molecule has 0 unspecified atom stereocenters. The largest absolute Gasteiger partial charge is 0.351 e. The quantitative estimate of drug-likeness (QED) is 0.795.